The highest BCUT2D eigenvalue weighted by molar-refractivity contribution is 5.83. The fraction of sp³-hybridized carbons (Fsp3) is 0.769. The Labute approximate surface area is 119 Å². The zero-order valence-corrected chi connectivity index (χ0v) is 12.7. The minimum atomic E-state index is -0.838. The maximum atomic E-state index is 12.0. The predicted molar refractivity (Wildman–Crippen MR) is 75.4 cm³/mol. The molecule has 0 saturated heterocycles. The van der Waals surface area contributed by atoms with E-state index in [0.29, 0.717) is 19.4 Å². The smallest absolute Gasteiger partial charge is 0.318 e. The SMILES string of the molecule is CCN(CC(=O)N(C)C)C(=O)NC(C)CCCC(=O)O. The van der Waals surface area contributed by atoms with Crippen LogP contribution in [-0.2, 0) is 9.59 Å². The maximum Gasteiger partial charge on any atom is 0.318 e. The number of amides is 3. The second-order valence-electron chi connectivity index (χ2n) is 4.94. The van der Waals surface area contributed by atoms with E-state index in [4.69, 9.17) is 5.11 Å². The number of aliphatic carboxylic acids is 1. The summed E-state index contributed by atoms with van der Waals surface area (Å²) >= 11 is 0. The molecule has 0 aliphatic carbocycles. The van der Waals surface area contributed by atoms with Gasteiger partial charge >= 0.3 is 12.0 Å². The lowest BCUT2D eigenvalue weighted by Crippen LogP contribution is -2.47. The molecule has 0 aliphatic rings. The summed E-state index contributed by atoms with van der Waals surface area (Å²) in [6, 6.07) is -0.420. The quantitative estimate of drug-likeness (QED) is 0.689. The summed E-state index contributed by atoms with van der Waals surface area (Å²) in [4.78, 5) is 36.8. The lowest BCUT2D eigenvalue weighted by Gasteiger charge is -2.24. The first-order chi connectivity index (χ1) is 9.27. The first-order valence-electron chi connectivity index (χ1n) is 6.75. The summed E-state index contributed by atoms with van der Waals surface area (Å²) in [5, 5.41) is 11.3. The van der Waals surface area contributed by atoms with Gasteiger partial charge in [-0.15, -0.1) is 0 Å². The van der Waals surface area contributed by atoms with Crippen molar-refractivity contribution in [3.8, 4) is 0 Å². The monoisotopic (exact) mass is 287 g/mol. The molecular weight excluding hydrogens is 262 g/mol. The number of carbonyl (C=O) groups excluding carboxylic acids is 2. The Kier molecular flexibility index (Phi) is 8.35. The molecule has 0 spiro atoms. The van der Waals surface area contributed by atoms with Crippen LogP contribution in [0.15, 0.2) is 0 Å². The highest BCUT2D eigenvalue weighted by atomic mass is 16.4. The van der Waals surface area contributed by atoms with E-state index in [1.807, 2.05) is 6.92 Å². The molecule has 2 N–H and O–H groups in total. The first-order valence-corrected chi connectivity index (χ1v) is 6.75. The van der Waals surface area contributed by atoms with Crippen molar-refractivity contribution in [2.75, 3.05) is 27.2 Å². The van der Waals surface area contributed by atoms with Crippen LogP contribution in [0.5, 0.6) is 0 Å². The summed E-state index contributed by atoms with van der Waals surface area (Å²) in [6.45, 7) is 4.10. The van der Waals surface area contributed by atoms with Crippen LogP contribution in [0.3, 0.4) is 0 Å². The van der Waals surface area contributed by atoms with Gasteiger partial charge in [0.25, 0.3) is 0 Å². The third kappa shape index (κ3) is 7.60. The summed E-state index contributed by atoms with van der Waals surface area (Å²) in [6.07, 6.45) is 1.20. The van der Waals surface area contributed by atoms with Gasteiger partial charge in [-0.25, -0.2) is 4.79 Å². The Morgan fingerprint density at radius 3 is 2.30 bits per heavy atom. The van der Waals surface area contributed by atoms with E-state index in [1.165, 1.54) is 9.80 Å². The van der Waals surface area contributed by atoms with Crippen LogP contribution in [-0.4, -0.2) is 66.0 Å². The summed E-state index contributed by atoms with van der Waals surface area (Å²) < 4.78 is 0. The molecule has 0 aliphatic heterocycles. The molecule has 7 nitrogen and oxygen atoms in total. The van der Waals surface area contributed by atoms with Crippen LogP contribution < -0.4 is 5.32 Å². The van der Waals surface area contributed by atoms with Gasteiger partial charge in [0, 0.05) is 33.1 Å². The topological polar surface area (TPSA) is 90.0 Å². The molecular formula is C13H25N3O4. The van der Waals surface area contributed by atoms with Gasteiger partial charge in [0.15, 0.2) is 0 Å². The van der Waals surface area contributed by atoms with Crippen molar-refractivity contribution in [2.24, 2.45) is 0 Å². The predicted octanol–water partition coefficient (Wildman–Crippen LogP) is 0.750. The van der Waals surface area contributed by atoms with Crippen molar-refractivity contribution in [3.63, 3.8) is 0 Å². The number of nitrogens with one attached hydrogen (secondary N) is 1. The third-order valence-corrected chi connectivity index (χ3v) is 2.89. The second-order valence-corrected chi connectivity index (χ2v) is 4.94. The van der Waals surface area contributed by atoms with Crippen molar-refractivity contribution in [1.29, 1.82) is 0 Å². The van der Waals surface area contributed by atoms with Crippen molar-refractivity contribution in [3.05, 3.63) is 0 Å². The third-order valence-electron chi connectivity index (χ3n) is 2.89. The molecule has 0 bridgehead atoms. The van der Waals surface area contributed by atoms with Crippen LogP contribution in [0.2, 0.25) is 0 Å². The molecule has 0 heterocycles. The molecule has 20 heavy (non-hydrogen) atoms. The van der Waals surface area contributed by atoms with Gasteiger partial charge in [-0.05, 0) is 26.7 Å². The van der Waals surface area contributed by atoms with Gasteiger partial charge in [0.05, 0.1) is 0 Å². The highest BCUT2D eigenvalue weighted by Crippen LogP contribution is 2.02. The number of nitrogens with zero attached hydrogens (tertiary/aromatic N) is 2. The summed E-state index contributed by atoms with van der Waals surface area (Å²) in [7, 11) is 3.28. The number of hydrogen-bond acceptors (Lipinski definition) is 3. The van der Waals surface area contributed by atoms with Crippen molar-refractivity contribution in [2.45, 2.75) is 39.2 Å². The molecule has 0 aromatic rings. The molecule has 0 radical (unpaired) electrons. The average molecular weight is 287 g/mol. The van der Waals surface area contributed by atoms with E-state index in [2.05, 4.69) is 5.32 Å². The van der Waals surface area contributed by atoms with E-state index in [0.717, 1.165) is 0 Å². The number of urea groups is 1. The fourth-order valence-corrected chi connectivity index (χ4v) is 1.57. The molecule has 0 rings (SSSR count). The number of carboxylic acids is 1. The maximum absolute atomic E-state index is 12.0. The molecule has 0 aromatic carbocycles. The van der Waals surface area contributed by atoms with Gasteiger partial charge in [-0.2, -0.15) is 0 Å². The number of hydrogen-bond donors (Lipinski definition) is 2. The van der Waals surface area contributed by atoms with E-state index in [9.17, 15) is 14.4 Å². The van der Waals surface area contributed by atoms with Crippen LogP contribution >= 0.6 is 0 Å². The fourth-order valence-electron chi connectivity index (χ4n) is 1.57. The molecule has 0 saturated carbocycles. The van der Waals surface area contributed by atoms with Crippen molar-refractivity contribution >= 4 is 17.9 Å². The van der Waals surface area contributed by atoms with E-state index in [1.54, 1.807) is 21.0 Å². The van der Waals surface area contributed by atoms with Gasteiger partial charge in [0.1, 0.15) is 6.54 Å². The number of likely N-dealkylation sites (N-methyl/N-ethyl adjacent to an activating group) is 2. The minimum Gasteiger partial charge on any atom is -0.481 e. The molecule has 0 fully saturated rings. The highest BCUT2D eigenvalue weighted by Gasteiger charge is 2.18. The standard InChI is InChI=1S/C13H25N3O4/c1-5-16(9-11(17)15(3)4)13(20)14-10(2)7-6-8-12(18)19/h10H,5-9H2,1-4H3,(H,14,20)(H,18,19). The van der Waals surface area contributed by atoms with Crippen LogP contribution in [0.1, 0.15) is 33.1 Å². The summed E-state index contributed by atoms with van der Waals surface area (Å²) in [5.41, 5.74) is 0. The van der Waals surface area contributed by atoms with Crippen molar-refractivity contribution in [1.82, 2.24) is 15.1 Å². The zero-order chi connectivity index (χ0) is 15.7. The lowest BCUT2D eigenvalue weighted by atomic mass is 10.1. The van der Waals surface area contributed by atoms with E-state index < -0.39 is 5.97 Å². The average Bonchev–Trinajstić information content (AvgIpc) is 2.34. The van der Waals surface area contributed by atoms with Gasteiger partial charge in [0.2, 0.25) is 5.91 Å². The van der Waals surface area contributed by atoms with Crippen LogP contribution in [0.25, 0.3) is 0 Å². The minimum absolute atomic E-state index is 0.0389. The zero-order valence-electron chi connectivity index (χ0n) is 12.7. The van der Waals surface area contributed by atoms with Crippen molar-refractivity contribution < 1.29 is 19.5 Å². The molecule has 7 heteroatoms. The van der Waals surface area contributed by atoms with E-state index >= 15 is 0 Å². The Balaban J connectivity index is 4.20. The molecule has 3 amide bonds. The molecule has 1 unspecified atom stereocenters. The van der Waals surface area contributed by atoms with Crippen LogP contribution in [0.4, 0.5) is 4.79 Å². The van der Waals surface area contributed by atoms with E-state index in [-0.39, 0.29) is 30.9 Å². The first kappa shape index (κ1) is 18.2. The Bertz CT molecular complexity index is 345. The lowest BCUT2D eigenvalue weighted by molar-refractivity contribution is -0.137. The molecule has 1 atom stereocenters. The van der Waals surface area contributed by atoms with Crippen LogP contribution in [0, 0.1) is 0 Å². The second kappa shape index (κ2) is 9.17. The number of rotatable bonds is 8. The Morgan fingerprint density at radius 2 is 1.85 bits per heavy atom. The van der Waals surface area contributed by atoms with Gasteiger partial charge in [-0.1, -0.05) is 0 Å². The van der Waals surface area contributed by atoms with Gasteiger partial charge < -0.3 is 20.2 Å². The largest absolute Gasteiger partial charge is 0.481 e. The Morgan fingerprint density at radius 1 is 1.25 bits per heavy atom. The van der Waals surface area contributed by atoms with Gasteiger partial charge in [-0.3, -0.25) is 9.59 Å². The number of carbonyl (C=O) groups is 3. The number of carboxylic acid groups (broad SMARTS) is 1. The normalized spacial score (nSPS) is 11.6. The molecule has 116 valence electrons. The Hall–Kier alpha value is -1.79. The molecule has 0 aromatic heterocycles. The summed E-state index contributed by atoms with van der Waals surface area (Å²) in [5.74, 6) is -0.976.